The maximum atomic E-state index is 13.6. The second kappa shape index (κ2) is 9.56. The molecule has 2 amide bonds. The fourth-order valence-electron chi connectivity index (χ4n) is 2.51. The van der Waals surface area contributed by atoms with Gasteiger partial charge in [-0.15, -0.1) is 0 Å². The zero-order valence-corrected chi connectivity index (χ0v) is 15.6. The molecule has 0 aliphatic carbocycles. The van der Waals surface area contributed by atoms with Crippen LogP contribution >= 0.6 is 0 Å². The summed E-state index contributed by atoms with van der Waals surface area (Å²) in [5.74, 6) is -0.770. The number of nitrogens with zero attached hydrogens (tertiary/aromatic N) is 1. The van der Waals surface area contributed by atoms with E-state index >= 15 is 0 Å². The average Bonchev–Trinajstić information content (AvgIpc) is 2.67. The minimum Gasteiger partial charge on any atom is -0.494 e. The Morgan fingerprint density at radius 3 is 2.48 bits per heavy atom. The first-order valence-electron chi connectivity index (χ1n) is 8.64. The summed E-state index contributed by atoms with van der Waals surface area (Å²) >= 11 is 0. The van der Waals surface area contributed by atoms with Gasteiger partial charge in [-0.3, -0.25) is 9.59 Å². The third-order valence-corrected chi connectivity index (χ3v) is 3.94. The van der Waals surface area contributed by atoms with Crippen molar-refractivity contribution in [1.29, 1.82) is 0 Å². The number of halogens is 1. The molecule has 0 saturated carbocycles. The molecule has 0 bridgehead atoms. The number of rotatable bonds is 8. The summed E-state index contributed by atoms with van der Waals surface area (Å²) in [4.78, 5) is 26.2. The van der Waals surface area contributed by atoms with Crippen LogP contribution in [0.2, 0.25) is 0 Å². The summed E-state index contributed by atoms with van der Waals surface area (Å²) in [6.07, 6.45) is 0. The van der Waals surface area contributed by atoms with Crippen molar-refractivity contribution >= 4 is 17.5 Å². The van der Waals surface area contributed by atoms with Crippen molar-refractivity contribution in [3.8, 4) is 11.5 Å². The standard InChI is InChI=1S/C20H23FN2O4/c1-4-23(5-2)20(25)14-7-6-8-15(11-14)22-19(24)13-27-16-9-10-18(26-3)17(21)12-16/h6-12H,4-5,13H2,1-3H3,(H,22,24). The number of carbonyl (C=O) groups is 2. The largest absolute Gasteiger partial charge is 0.494 e. The summed E-state index contributed by atoms with van der Waals surface area (Å²) < 4.78 is 23.7. The second-order valence-corrected chi connectivity index (χ2v) is 5.69. The SMILES string of the molecule is CCN(CC)C(=O)c1cccc(NC(=O)COc2ccc(OC)c(F)c2)c1. The molecular formula is C20H23FN2O4. The molecule has 0 aliphatic rings. The lowest BCUT2D eigenvalue weighted by molar-refractivity contribution is -0.118. The molecule has 0 fully saturated rings. The molecule has 0 spiro atoms. The van der Waals surface area contributed by atoms with Crippen molar-refractivity contribution in [2.45, 2.75) is 13.8 Å². The van der Waals surface area contributed by atoms with Crippen LogP contribution in [0.25, 0.3) is 0 Å². The first-order chi connectivity index (χ1) is 13.0. The monoisotopic (exact) mass is 374 g/mol. The molecule has 0 atom stereocenters. The van der Waals surface area contributed by atoms with Crippen LogP contribution < -0.4 is 14.8 Å². The number of ether oxygens (including phenoxy) is 2. The predicted molar refractivity (Wildman–Crippen MR) is 101 cm³/mol. The van der Waals surface area contributed by atoms with Gasteiger partial charge in [0.15, 0.2) is 18.2 Å². The molecule has 6 nitrogen and oxygen atoms in total. The van der Waals surface area contributed by atoms with Crippen molar-refractivity contribution in [1.82, 2.24) is 4.90 Å². The number of carbonyl (C=O) groups excluding carboxylic acids is 2. The maximum absolute atomic E-state index is 13.6. The molecule has 144 valence electrons. The van der Waals surface area contributed by atoms with E-state index in [2.05, 4.69) is 5.32 Å². The Balaban J connectivity index is 1.97. The van der Waals surface area contributed by atoms with Gasteiger partial charge in [-0.1, -0.05) is 6.07 Å². The summed E-state index contributed by atoms with van der Waals surface area (Å²) in [7, 11) is 1.37. The average molecular weight is 374 g/mol. The molecular weight excluding hydrogens is 351 g/mol. The molecule has 0 aliphatic heterocycles. The van der Waals surface area contributed by atoms with Gasteiger partial charge in [-0.25, -0.2) is 4.39 Å². The van der Waals surface area contributed by atoms with Gasteiger partial charge >= 0.3 is 0 Å². The topological polar surface area (TPSA) is 67.9 Å². The molecule has 0 aromatic heterocycles. The minimum atomic E-state index is -0.571. The van der Waals surface area contributed by atoms with E-state index in [-0.39, 0.29) is 24.0 Å². The summed E-state index contributed by atoms with van der Waals surface area (Å²) in [5.41, 5.74) is 0.983. The fourth-order valence-corrected chi connectivity index (χ4v) is 2.51. The van der Waals surface area contributed by atoms with Crippen LogP contribution in [0.4, 0.5) is 10.1 Å². The highest BCUT2D eigenvalue weighted by Crippen LogP contribution is 2.22. The van der Waals surface area contributed by atoms with Gasteiger partial charge in [-0.05, 0) is 44.2 Å². The van der Waals surface area contributed by atoms with E-state index < -0.39 is 11.7 Å². The van der Waals surface area contributed by atoms with Crippen LogP contribution in [-0.4, -0.2) is 43.5 Å². The third-order valence-electron chi connectivity index (χ3n) is 3.94. The van der Waals surface area contributed by atoms with Crippen LogP contribution in [0, 0.1) is 5.82 Å². The van der Waals surface area contributed by atoms with Gasteiger partial charge in [0.25, 0.3) is 11.8 Å². The quantitative estimate of drug-likeness (QED) is 0.770. The molecule has 7 heteroatoms. The molecule has 2 rings (SSSR count). The van der Waals surface area contributed by atoms with E-state index in [4.69, 9.17) is 9.47 Å². The Kier molecular flexibility index (Phi) is 7.16. The van der Waals surface area contributed by atoms with Crippen LogP contribution in [0.1, 0.15) is 24.2 Å². The van der Waals surface area contributed by atoms with Gasteiger partial charge < -0.3 is 19.7 Å². The highest BCUT2D eigenvalue weighted by Gasteiger charge is 2.13. The van der Waals surface area contributed by atoms with Gasteiger partial charge in [0.1, 0.15) is 5.75 Å². The number of anilines is 1. The Hall–Kier alpha value is -3.09. The minimum absolute atomic E-state index is 0.0962. The van der Waals surface area contributed by atoms with Gasteiger partial charge in [-0.2, -0.15) is 0 Å². The van der Waals surface area contributed by atoms with E-state index in [1.54, 1.807) is 29.2 Å². The van der Waals surface area contributed by atoms with E-state index in [0.29, 0.717) is 24.3 Å². The van der Waals surface area contributed by atoms with E-state index in [1.807, 2.05) is 13.8 Å². The lowest BCUT2D eigenvalue weighted by Gasteiger charge is -2.19. The lowest BCUT2D eigenvalue weighted by atomic mass is 10.1. The number of hydrogen-bond donors (Lipinski definition) is 1. The van der Waals surface area contributed by atoms with Crippen molar-refractivity contribution in [3.63, 3.8) is 0 Å². The Morgan fingerprint density at radius 1 is 1.11 bits per heavy atom. The molecule has 2 aromatic rings. The van der Waals surface area contributed by atoms with Gasteiger partial charge in [0.05, 0.1) is 7.11 Å². The zero-order chi connectivity index (χ0) is 19.8. The summed E-state index contributed by atoms with van der Waals surface area (Å²) in [5, 5.41) is 2.67. The Morgan fingerprint density at radius 2 is 1.85 bits per heavy atom. The van der Waals surface area contributed by atoms with Crippen LogP contribution in [-0.2, 0) is 4.79 Å². The van der Waals surface area contributed by atoms with Crippen molar-refractivity contribution < 1.29 is 23.5 Å². The normalized spacial score (nSPS) is 10.2. The zero-order valence-electron chi connectivity index (χ0n) is 15.6. The van der Waals surface area contributed by atoms with Crippen LogP contribution in [0.5, 0.6) is 11.5 Å². The molecule has 0 radical (unpaired) electrons. The molecule has 1 N–H and O–H groups in total. The fraction of sp³-hybridized carbons (Fsp3) is 0.300. The van der Waals surface area contributed by atoms with Crippen molar-refractivity contribution in [2.75, 3.05) is 32.1 Å². The number of benzene rings is 2. The van der Waals surface area contributed by atoms with Crippen LogP contribution in [0.15, 0.2) is 42.5 Å². The van der Waals surface area contributed by atoms with Crippen molar-refractivity contribution in [3.05, 3.63) is 53.8 Å². The van der Waals surface area contributed by atoms with Crippen LogP contribution in [0.3, 0.4) is 0 Å². The van der Waals surface area contributed by atoms with E-state index in [1.165, 1.54) is 19.2 Å². The highest BCUT2D eigenvalue weighted by molar-refractivity contribution is 5.97. The van der Waals surface area contributed by atoms with Crippen molar-refractivity contribution in [2.24, 2.45) is 0 Å². The molecule has 0 saturated heterocycles. The van der Waals surface area contributed by atoms with Gasteiger partial charge in [0, 0.05) is 30.4 Å². The van der Waals surface area contributed by atoms with E-state index in [9.17, 15) is 14.0 Å². The number of nitrogens with one attached hydrogen (secondary N) is 1. The smallest absolute Gasteiger partial charge is 0.262 e. The summed E-state index contributed by atoms with van der Waals surface area (Å²) in [6, 6.07) is 10.8. The number of hydrogen-bond acceptors (Lipinski definition) is 4. The Labute approximate surface area is 157 Å². The number of amides is 2. The first kappa shape index (κ1) is 20.2. The first-order valence-corrected chi connectivity index (χ1v) is 8.64. The lowest BCUT2D eigenvalue weighted by Crippen LogP contribution is -2.30. The maximum Gasteiger partial charge on any atom is 0.262 e. The van der Waals surface area contributed by atoms with E-state index in [0.717, 1.165) is 6.07 Å². The second-order valence-electron chi connectivity index (χ2n) is 5.69. The summed E-state index contributed by atoms with van der Waals surface area (Å²) in [6.45, 7) is 4.75. The molecule has 2 aromatic carbocycles. The Bertz CT molecular complexity index is 806. The third kappa shape index (κ3) is 5.44. The molecule has 0 unspecified atom stereocenters. The molecule has 0 heterocycles. The highest BCUT2D eigenvalue weighted by atomic mass is 19.1. The number of methoxy groups -OCH3 is 1. The predicted octanol–water partition coefficient (Wildman–Crippen LogP) is 3.33. The molecule has 27 heavy (non-hydrogen) atoms. The van der Waals surface area contributed by atoms with Gasteiger partial charge in [0.2, 0.25) is 0 Å².